The van der Waals surface area contributed by atoms with E-state index in [1.165, 1.54) is 0 Å². The van der Waals surface area contributed by atoms with Gasteiger partial charge in [-0.2, -0.15) is 0 Å². The first kappa shape index (κ1) is 19.7. The van der Waals surface area contributed by atoms with Crippen LogP contribution >= 0.6 is 0 Å². The first-order chi connectivity index (χ1) is 12.5. The molecule has 4 N–H and O–H groups in total. The van der Waals surface area contributed by atoms with Gasteiger partial charge in [0.15, 0.2) is 11.7 Å². The van der Waals surface area contributed by atoms with Gasteiger partial charge in [0, 0.05) is 30.5 Å². The number of amidine groups is 2. The van der Waals surface area contributed by atoms with Crippen LogP contribution in [0.3, 0.4) is 0 Å². The Labute approximate surface area is 155 Å². The van der Waals surface area contributed by atoms with E-state index in [2.05, 4.69) is 28.7 Å². The van der Waals surface area contributed by atoms with E-state index in [9.17, 15) is 0 Å². The zero-order valence-electron chi connectivity index (χ0n) is 16.0. The molecule has 2 heterocycles. The molecule has 1 saturated heterocycles. The number of nitrogen functional groups attached to an aromatic ring is 1. The third-order valence-corrected chi connectivity index (χ3v) is 3.96. The fourth-order valence-electron chi connectivity index (χ4n) is 2.93. The van der Waals surface area contributed by atoms with Crippen molar-refractivity contribution in [2.75, 3.05) is 18.8 Å². The smallest absolute Gasteiger partial charge is 0.155 e. The molecule has 140 valence electrons. The Bertz CT molecular complexity index is 711. The highest BCUT2D eigenvalue weighted by atomic mass is 16.5. The Morgan fingerprint density at radius 3 is 2.31 bits per heavy atom. The number of hydrogen-bond acceptors (Lipinski definition) is 3. The molecule has 0 spiro atoms. The van der Waals surface area contributed by atoms with E-state index in [1.54, 1.807) is 12.1 Å². The summed E-state index contributed by atoms with van der Waals surface area (Å²) in [4.78, 5) is 9.99. The molecule has 1 aliphatic heterocycles. The predicted molar refractivity (Wildman–Crippen MR) is 108 cm³/mol. The molecule has 2 atom stereocenters. The number of aliphatic imine (C=N–C) groups is 1. The van der Waals surface area contributed by atoms with E-state index >= 15 is 0 Å². The zero-order chi connectivity index (χ0) is 19.1. The van der Waals surface area contributed by atoms with Crippen molar-refractivity contribution >= 4 is 17.4 Å². The van der Waals surface area contributed by atoms with Crippen molar-refractivity contribution < 1.29 is 4.74 Å². The number of nitrogens with two attached hydrogens (primary N) is 1. The Morgan fingerprint density at radius 2 is 1.77 bits per heavy atom. The van der Waals surface area contributed by atoms with Gasteiger partial charge in [-0.1, -0.05) is 13.8 Å². The summed E-state index contributed by atoms with van der Waals surface area (Å²) in [6.07, 6.45) is 2.12. The first-order valence-electron chi connectivity index (χ1n) is 9.10. The van der Waals surface area contributed by atoms with Gasteiger partial charge in [0.2, 0.25) is 0 Å². The van der Waals surface area contributed by atoms with Gasteiger partial charge in [0.25, 0.3) is 0 Å². The number of H-pyrrole nitrogens is 1. The van der Waals surface area contributed by atoms with Crippen molar-refractivity contribution in [2.45, 2.75) is 39.9 Å². The summed E-state index contributed by atoms with van der Waals surface area (Å²) in [5.41, 5.74) is 8.03. The lowest BCUT2D eigenvalue weighted by Crippen LogP contribution is -2.48. The second-order valence-electron chi connectivity index (χ2n) is 6.15. The van der Waals surface area contributed by atoms with Gasteiger partial charge in [-0.25, -0.2) is 4.99 Å². The number of morpholine rings is 1. The van der Waals surface area contributed by atoms with Crippen LogP contribution in [0.4, 0.5) is 5.69 Å². The Hall–Kier alpha value is -2.60. The van der Waals surface area contributed by atoms with Gasteiger partial charge in [0.05, 0.1) is 17.9 Å². The van der Waals surface area contributed by atoms with Gasteiger partial charge >= 0.3 is 0 Å². The number of aromatic nitrogens is 1. The Morgan fingerprint density at radius 1 is 1.15 bits per heavy atom. The third-order valence-electron chi connectivity index (χ3n) is 3.96. The van der Waals surface area contributed by atoms with Gasteiger partial charge in [-0.3, -0.25) is 5.41 Å². The van der Waals surface area contributed by atoms with Crippen LogP contribution in [0.5, 0.6) is 0 Å². The quantitative estimate of drug-likeness (QED) is 0.437. The van der Waals surface area contributed by atoms with Crippen LogP contribution in [0, 0.1) is 5.41 Å². The van der Waals surface area contributed by atoms with Crippen LogP contribution in [0.1, 0.15) is 39.0 Å². The summed E-state index contributed by atoms with van der Waals surface area (Å²) in [5.74, 6) is 0.982. The SMILES string of the molecule is CC.CC1CN(C(=NC(=N)c2ccc(N)cc2)c2ccc[nH]2)CC(C)O1. The lowest BCUT2D eigenvalue weighted by atomic mass is 10.2. The number of rotatable bonds is 2. The van der Waals surface area contributed by atoms with E-state index in [0.29, 0.717) is 5.69 Å². The van der Waals surface area contributed by atoms with Crippen molar-refractivity contribution in [2.24, 2.45) is 4.99 Å². The molecule has 0 aliphatic carbocycles. The number of anilines is 1. The van der Waals surface area contributed by atoms with Crippen LogP contribution < -0.4 is 5.73 Å². The van der Waals surface area contributed by atoms with Crippen molar-refractivity contribution in [3.8, 4) is 0 Å². The molecular weight excluding hydrogens is 326 g/mol. The minimum atomic E-state index is 0.125. The predicted octanol–water partition coefficient (Wildman–Crippen LogP) is 3.50. The molecule has 1 aromatic heterocycles. The van der Waals surface area contributed by atoms with E-state index in [0.717, 1.165) is 30.2 Å². The number of benzene rings is 1. The molecule has 0 saturated carbocycles. The van der Waals surface area contributed by atoms with Crippen LogP contribution in [0.25, 0.3) is 0 Å². The molecule has 0 bridgehead atoms. The van der Waals surface area contributed by atoms with E-state index in [4.69, 9.17) is 15.9 Å². The number of ether oxygens (including phenoxy) is 1. The van der Waals surface area contributed by atoms with Crippen LogP contribution in [-0.2, 0) is 4.74 Å². The van der Waals surface area contributed by atoms with Crippen molar-refractivity contribution in [3.05, 3.63) is 53.9 Å². The largest absolute Gasteiger partial charge is 0.399 e. The summed E-state index contributed by atoms with van der Waals surface area (Å²) in [6.45, 7) is 9.61. The summed E-state index contributed by atoms with van der Waals surface area (Å²) >= 11 is 0. The van der Waals surface area contributed by atoms with Gasteiger partial charge in [-0.05, 0) is 50.2 Å². The maximum atomic E-state index is 8.35. The average molecular weight is 355 g/mol. The molecule has 0 radical (unpaired) electrons. The van der Waals surface area contributed by atoms with E-state index in [1.807, 2.05) is 44.3 Å². The molecule has 6 heteroatoms. The van der Waals surface area contributed by atoms with Gasteiger partial charge in [0.1, 0.15) is 0 Å². The number of nitrogens with one attached hydrogen (secondary N) is 2. The van der Waals surface area contributed by atoms with E-state index in [-0.39, 0.29) is 18.0 Å². The molecule has 3 rings (SSSR count). The first-order valence-corrected chi connectivity index (χ1v) is 9.10. The highest BCUT2D eigenvalue weighted by molar-refractivity contribution is 6.09. The van der Waals surface area contributed by atoms with Crippen molar-refractivity contribution in [1.29, 1.82) is 5.41 Å². The van der Waals surface area contributed by atoms with Gasteiger partial charge < -0.3 is 20.4 Å². The monoisotopic (exact) mass is 355 g/mol. The highest BCUT2D eigenvalue weighted by Crippen LogP contribution is 2.16. The zero-order valence-corrected chi connectivity index (χ0v) is 16.0. The molecule has 6 nitrogen and oxygen atoms in total. The lowest BCUT2D eigenvalue weighted by Gasteiger charge is -2.37. The summed E-state index contributed by atoms with van der Waals surface area (Å²) in [6, 6.07) is 11.1. The maximum absolute atomic E-state index is 8.35. The highest BCUT2D eigenvalue weighted by Gasteiger charge is 2.26. The van der Waals surface area contributed by atoms with Crippen molar-refractivity contribution in [1.82, 2.24) is 9.88 Å². The fourth-order valence-corrected chi connectivity index (χ4v) is 2.93. The number of hydrogen-bond donors (Lipinski definition) is 3. The summed E-state index contributed by atoms with van der Waals surface area (Å²) < 4.78 is 5.81. The topological polar surface area (TPSA) is 90.5 Å². The Balaban J connectivity index is 0.00000117. The summed E-state index contributed by atoms with van der Waals surface area (Å²) in [5, 5.41) is 8.35. The average Bonchev–Trinajstić information content (AvgIpc) is 3.15. The molecule has 26 heavy (non-hydrogen) atoms. The normalized spacial score (nSPS) is 20.3. The molecule has 0 amide bonds. The van der Waals surface area contributed by atoms with Crippen LogP contribution in [-0.4, -0.2) is 46.9 Å². The third kappa shape index (κ3) is 4.95. The van der Waals surface area contributed by atoms with Crippen molar-refractivity contribution in [3.63, 3.8) is 0 Å². The van der Waals surface area contributed by atoms with E-state index < -0.39 is 0 Å². The molecule has 1 aromatic carbocycles. The van der Waals surface area contributed by atoms with Crippen LogP contribution in [0.15, 0.2) is 47.6 Å². The van der Waals surface area contributed by atoms with Crippen LogP contribution in [0.2, 0.25) is 0 Å². The molecule has 1 aliphatic rings. The number of nitrogens with zero attached hydrogens (tertiary/aromatic N) is 2. The molecule has 1 fully saturated rings. The molecule has 2 aromatic rings. The molecular formula is C20H29N5O. The maximum Gasteiger partial charge on any atom is 0.155 e. The second-order valence-corrected chi connectivity index (χ2v) is 6.15. The molecule has 2 unspecified atom stereocenters. The summed E-state index contributed by atoms with van der Waals surface area (Å²) in [7, 11) is 0. The minimum Gasteiger partial charge on any atom is -0.399 e. The minimum absolute atomic E-state index is 0.125. The standard InChI is InChI=1S/C18H23N5O.C2H6/c1-12-10-23(11-13(2)24-12)18(16-4-3-9-21-16)22-17(20)14-5-7-15(19)8-6-14;1-2/h3-9,12-13,20-21H,10-11,19H2,1-2H3;1-2H3. The Kier molecular flexibility index (Phi) is 6.97. The second kappa shape index (κ2) is 9.20. The van der Waals surface area contributed by atoms with Gasteiger partial charge in [-0.15, -0.1) is 0 Å². The number of aromatic amines is 1. The lowest BCUT2D eigenvalue weighted by molar-refractivity contribution is -0.0478. The fraction of sp³-hybridized carbons (Fsp3) is 0.400.